The van der Waals surface area contributed by atoms with Gasteiger partial charge in [0.25, 0.3) is 0 Å². The number of hydrogen-bond acceptors (Lipinski definition) is 1. The number of benzene rings is 1. The number of rotatable bonds is 3. The van der Waals surface area contributed by atoms with Gasteiger partial charge in [-0.3, -0.25) is 4.79 Å². The van der Waals surface area contributed by atoms with E-state index in [1.165, 1.54) is 6.07 Å². The van der Waals surface area contributed by atoms with E-state index in [9.17, 15) is 9.18 Å². The summed E-state index contributed by atoms with van der Waals surface area (Å²) >= 11 is 3.14. The fraction of sp³-hybridized carbons (Fsp3) is 0.300. The first kappa shape index (κ1) is 11.2. The third kappa shape index (κ3) is 2.80. The molecule has 0 aromatic heterocycles. The predicted octanol–water partition coefficient (Wildman–Crippen LogP) is 3.17. The number of aliphatic carboxylic acids is 1. The van der Waals surface area contributed by atoms with Crippen molar-refractivity contribution in [2.24, 2.45) is 0 Å². The van der Waals surface area contributed by atoms with Gasteiger partial charge in [-0.15, -0.1) is 0 Å². The Labute approximate surface area is 89.9 Å². The minimum Gasteiger partial charge on any atom is -0.481 e. The van der Waals surface area contributed by atoms with E-state index in [0.29, 0.717) is 10.0 Å². The van der Waals surface area contributed by atoms with Gasteiger partial charge >= 0.3 is 5.97 Å². The van der Waals surface area contributed by atoms with Crippen LogP contribution in [0.1, 0.15) is 24.8 Å². The van der Waals surface area contributed by atoms with E-state index >= 15 is 0 Å². The Kier molecular flexibility index (Phi) is 3.63. The first-order chi connectivity index (χ1) is 6.50. The van der Waals surface area contributed by atoms with Gasteiger partial charge in [-0.2, -0.15) is 0 Å². The van der Waals surface area contributed by atoms with Crippen LogP contribution in [0.2, 0.25) is 0 Å². The number of halogens is 2. The third-order valence-corrected chi connectivity index (χ3v) is 2.47. The highest BCUT2D eigenvalue weighted by atomic mass is 79.9. The lowest BCUT2D eigenvalue weighted by molar-refractivity contribution is -0.137. The highest BCUT2D eigenvalue weighted by Gasteiger charge is 2.14. The molecule has 0 aliphatic carbocycles. The molecule has 76 valence electrons. The number of hydrogen-bond donors (Lipinski definition) is 1. The highest BCUT2D eigenvalue weighted by molar-refractivity contribution is 9.10. The minimum atomic E-state index is -0.917. The van der Waals surface area contributed by atoms with Crippen LogP contribution in [0.4, 0.5) is 4.39 Å². The molecule has 14 heavy (non-hydrogen) atoms. The zero-order chi connectivity index (χ0) is 10.7. The van der Waals surface area contributed by atoms with Crippen LogP contribution in [0.15, 0.2) is 22.7 Å². The van der Waals surface area contributed by atoms with Crippen molar-refractivity contribution < 1.29 is 14.3 Å². The molecule has 2 nitrogen and oxygen atoms in total. The Hall–Kier alpha value is -0.900. The van der Waals surface area contributed by atoms with E-state index in [1.807, 2.05) is 0 Å². The lowest BCUT2D eigenvalue weighted by Crippen LogP contribution is -2.04. The van der Waals surface area contributed by atoms with Crippen molar-refractivity contribution in [3.05, 3.63) is 34.1 Å². The first-order valence-electron chi connectivity index (χ1n) is 4.17. The normalized spacial score (nSPS) is 12.5. The maximum absolute atomic E-state index is 13.3. The van der Waals surface area contributed by atoms with Crippen LogP contribution in [0.5, 0.6) is 0 Å². The summed E-state index contributed by atoms with van der Waals surface area (Å²) in [5, 5.41) is 8.56. The van der Waals surface area contributed by atoms with Gasteiger partial charge in [0, 0.05) is 4.47 Å². The Morgan fingerprint density at radius 2 is 2.29 bits per heavy atom. The highest BCUT2D eigenvalue weighted by Crippen LogP contribution is 2.24. The van der Waals surface area contributed by atoms with E-state index in [1.54, 1.807) is 19.1 Å². The standard InChI is InChI=1S/C10H10BrFO2/c1-6(4-10(13)14)8-3-2-7(11)5-9(8)12/h2-3,5-6H,4H2,1H3,(H,13,14). The molecule has 4 heteroatoms. The molecule has 0 radical (unpaired) electrons. The van der Waals surface area contributed by atoms with Gasteiger partial charge in [-0.1, -0.05) is 28.9 Å². The monoisotopic (exact) mass is 260 g/mol. The van der Waals surface area contributed by atoms with Gasteiger partial charge in [0.1, 0.15) is 5.82 Å². The molecule has 1 rings (SSSR count). The SMILES string of the molecule is CC(CC(=O)O)c1ccc(Br)cc1F. The summed E-state index contributed by atoms with van der Waals surface area (Å²) in [5.74, 6) is -1.59. The molecule has 0 bridgehead atoms. The lowest BCUT2D eigenvalue weighted by Gasteiger charge is -2.10. The van der Waals surface area contributed by atoms with Gasteiger partial charge in [0.05, 0.1) is 6.42 Å². The van der Waals surface area contributed by atoms with Gasteiger partial charge < -0.3 is 5.11 Å². The number of carbonyl (C=O) groups is 1. The zero-order valence-corrected chi connectivity index (χ0v) is 9.21. The van der Waals surface area contributed by atoms with E-state index in [4.69, 9.17) is 5.11 Å². The zero-order valence-electron chi connectivity index (χ0n) is 7.63. The minimum absolute atomic E-state index is 0.0570. The van der Waals surface area contributed by atoms with Gasteiger partial charge in [-0.25, -0.2) is 4.39 Å². The van der Waals surface area contributed by atoms with Crippen molar-refractivity contribution in [1.82, 2.24) is 0 Å². The largest absolute Gasteiger partial charge is 0.481 e. The fourth-order valence-corrected chi connectivity index (χ4v) is 1.61. The van der Waals surface area contributed by atoms with Crippen LogP contribution in [-0.4, -0.2) is 11.1 Å². The average molecular weight is 261 g/mol. The molecule has 0 spiro atoms. The molecule has 0 saturated carbocycles. The van der Waals surface area contributed by atoms with Crippen molar-refractivity contribution >= 4 is 21.9 Å². The summed E-state index contributed by atoms with van der Waals surface area (Å²) in [6, 6.07) is 4.65. The Morgan fingerprint density at radius 3 is 2.79 bits per heavy atom. The van der Waals surface area contributed by atoms with E-state index < -0.39 is 5.97 Å². The second kappa shape index (κ2) is 4.55. The average Bonchev–Trinajstić information content (AvgIpc) is 2.01. The maximum Gasteiger partial charge on any atom is 0.303 e. The smallest absolute Gasteiger partial charge is 0.303 e. The Balaban J connectivity index is 2.90. The summed E-state index contributed by atoms with van der Waals surface area (Å²) in [7, 11) is 0. The fourth-order valence-electron chi connectivity index (χ4n) is 1.27. The molecule has 0 heterocycles. The molecule has 0 saturated heterocycles. The predicted molar refractivity (Wildman–Crippen MR) is 54.8 cm³/mol. The summed E-state index contributed by atoms with van der Waals surface area (Å²) in [5.41, 5.74) is 0.440. The van der Waals surface area contributed by atoms with Crippen LogP contribution in [0.25, 0.3) is 0 Å². The topological polar surface area (TPSA) is 37.3 Å². The van der Waals surface area contributed by atoms with Crippen LogP contribution in [-0.2, 0) is 4.79 Å². The van der Waals surface area contributed by atoms with Crippen LogP contribution in [0.3, 0.4) is 0 Å². The second-order valence-corrected chi connectivity index (χ2v) is 4.08. The van der Waals surface area contributed by atoms with Crippen molar-refractivity contribution in [1.29, 1.82) is 0 Å². The Bertz CT molecular complexity index is 352. The van der Waals surface area contributed by atoms with Gasteiger partial charge in [-0.05, 0) is 23.6 Å². The van der Waals surface area contributed by atoms with Crippen molar-refractivity contribution in [2.45, 2.75) is 19.3 Å². The van der Waals surface area contributed by atoms with E-state index in [2.05, 4.69) is 15.9 Å². The molecule has 1 aromatic carbocycles. The number of carboxylic acids is 1. The van der Waals surface area contributed by atoms with E-state index in [-0.39, 0.29) is 18.2 Å². The van der Waals surface area contributed by atoms with Gasteiger partial charge in [0.2, 0.25) is 0 Å². The molecular weight excluding hydrogens is 251 g/mol. The van der Waals surface area contributed by atoms with Crippen LogP contribution < -0.4 is 0 Å². The van der Waals surface area contributed by atoms with Crippen molar-refractivity contribution in [3.8, 4) is 0 Å². The Morgan fingerprint density at radius 1 is 1.64 bits per heavy atom. The summed E-state index contributed by atoms with van der Waals surface area (Å²) in [6.45, 7) is 1.69. The molecule has 0 fully saturated rings. The molecule has 1 N–H and O–H groups in total. The summed E-state index contributed by atoms with van der Waals surface area (Å²) < 4.78 is 14.0. The molecule has 1 aromatic rings. The van der Waals surface area contributed by atoms with E-state index in [0.717, 1.165) is 0 Å². The van der Waals surface area contributed by atoms with Crippen molar-refractivity contribution in [3.63, 3.8) is 0 Å². The molecule has 0 aliphatic rings. The van der Waals surface area contributed by atoms with Crippen molar-refractivity contribution in [2.75, 3.05) is 0 Å². The van der Waals surface area contributed by atoms with Crippen LogP contribution >= 0.6 is 15.9 Å². The summed E-state index contributed by atoms with van der Waals surface area (Å²) in [6.07, 6.45) is -0.0570. The molecule has 0 amide bonds. The quantitative estimate of drug-likeness (QED) is 0.907. The van der Waals surface area contributed by atoms with Gasteiger partial charge in [0.15, 0.2) is 0 Å². The molecule has 1 unspecified atom stereocenters. The molecule has 1 atom stereocenters. The van der Waals surface area contributed by atoms with Crippen LogP contribution in [0, 0.1) is 5.82 Å². The third-order valence-electron chi connectivity index (χ3n) is 1.97. The first-order valence-corrected chi connectivity index (χ1v) is 4.96. The second-order valence-electron chi connectivity index (χ2n) is 3.16. The summed E-state index contributed by atoms with van der Waals surface area (Å²) in [4.78, 5) is 10.4. The number of carboxylic acid groups (broad SMARTS) is 1. The lowest BCUT2D eigenvalue weighted by atomic mass is 9.97. The molecular formula is C10H10BrFO2. The molecule has 0 aliphatic heterocycles. The maximum atomic E-state index is 13.3.